The van der Waals surface area contributed by atoms with Crippen molar-refractivity contribution in [2.45, 2.75) is 32.1 Å². The van der Waals surface area contributed by atoms with Crippen LogP contribution in [-0.4, -0.2) is 16.1 Å². The van der Waals surface area contributed by atoms with E-state index in [4.69, 9.17) is 5.11 Å². The minimum absolute atomic E-state index is 0.273. The first-order valence-electron chi connectivity index (χ1n) is 4.45. The predicted octanol–water partition coefficient (Wildman–Crippen LogP) is 2.28. The first-order valence-corrected chi connectivity index (χ1v) is 5.27. The molecular formula is C9H11NO2S. The monoisotopic (exact) mass is 197 g/mol. The summed E-state index contributed by atoms with van der Waals surface area (Å²) in [7, 11) is 0. The molecule has 1 saturated carbocycles. The SMILES string of the molecule is CCc1sc(C2CC2)nc1C(=O)O. The molecule has 0 spiro atoms. The number of hydrogen-bond acceptors (Lipinski definition) is 3. The summed E-state index contributed by atoms with van der Waals surface area (Å²) in [4.78, 5) is 15.9. The van der Waals surface area contributed by atoms with Crippen LogP contribution in [0.15, 0.2) is 0 Å². The highest BCUT2D eigenvalue weighted by atomic mass is 32.1. The Morgan fingerprint density at radius 1 is 1.69 bits per heavy atom. The van der Waals surface area contributed by atoms with Gasteiger partial charge in [-0.3, -0.25) is 0 Å². The molecule has 0 unspecified atom stereocenters. The van der Waals surface area contributed by atoms with Gasteiger partial charge in [0, 0.05) is 10.8 Å². The Labute approximate surface area is 80.4 Å². The Hall–Kier alpha value is -0.900. The average molecular weight is 197 g/mol. The summed E-state index contributed by atoms with van der Waals surface area (Å²) in [6.45, 7) is 1.97. The van der Waals surface area contributed by atoms with Crippen LogP contribution in [0.5, 0.6) is 0 Å². The zero-order valence-corrected chi connectivity index (χ0v) is 8.23. The summed E-state index contributed by atoms with van der Waals surface area (Å²) in [5, 5.41) is 9.88. The molecule has 0 radical (unpaired) electrons. The van der Waals surface area contributed by atoms with Crippen molar-refractivity contribution in [1.82, 2.24) is 4.98 Å². The second-order valence-electron chi connectivity index (χ2n) is 3.26. The predicted molar refractivity (Wildman–Crippen MR) is 50.4 cm³/mol. The van der Waals surface area contributed by atoms with Crippen molar-refractivity contribution in [2.24, 2.45) is 0 Å². The number of thiazole rings is 1. The van der Waals surface area contributed by atoms with Gasteiger partial charge in [0.15, 0.2) is 5.69 Å². The van der Waals surface area contributed by atoms with Crippen LogP contribution in [0.4, 0.5) is 0 Å². The van der Waals surface area contributed by atoms with Crippen LogP contribution in [-0.2, 0) is 6.42 Å². The number of aromatic carboxylic acids is 1. The van der Waals surface area contributed by atoms with Gasteiger partial charge in [-0.15, -0.1) is 11.3 Å². The fourth-order valence-electron chi connectivity index (χ4n) is 1.28. The van der Waals surface area contributed by atoms with E-state index in [2.05, 4.69) is 4.98 Å². The Morgan fingerprint density at radius 2 is 2.38 bits per heavy atom. The largest absolute Gasteiger partial charge is 0.476 e. The number of carboxylic acids is 1. The molecule has 1 fully saturated rings. The van der Waals surface area contributed by atoms with Crippen molar-refractivity contribution in [2.75, 3.05) is 0 Å². The first-order chi connectivity index (χ1) is 6.22. The van der Waals surface area contributed by atoms with Crippen LogP contribution in [0, 0.1) is 0 Å². The van der Waals surface area contributed by atoms with Crippen LogP contribution in [0.3, 0.4) is 0 Å². The van der Waals surface area contributed by atoms with Gasteiger partial charge in [-0.2, -0.15) is 0 Å². The number of carboxylic acid groups (broad SMARTS) is 1. The molecule has 0 atom stereocenters. The number of aromatic nitrogens is 1. The lowest BCUT2D eigenvalue weighted by Crippen LogP contribution is -2.00. The lowest BCUT2D eigenvalue weighted by Gasteiger charge is -1.89. The van der Waals surface area contributed by atoms with Gasteiger partial charge < -0.3 is 5.11 Å². The molecule has 1 N–H and O–H groups in total. The molecular weight excluding hydrogens is 186 g/mol. The van der Waals surface area contributed by atoms with Crippen molar-refractivity contribution in [1.29, 1.82) is 0 Å². The van der Waals surface area contributed by atoms with Gasteiger partial charge in [0.2, 0.25) is 0 Å². The van der Waals surface area contributed by atoms with Gasteiger partial charge in [-0.25, -0.2) is 9.78 Å². The molecule has 1 heterocycles. The summed E-state index contributed by atoms with van der Waals surface area (Å²) in [6, 6.07) is 0. The maximum absolute atomic E-state index is 10.8. The number of hydrogen-bond donors (Lipinski definition) is 1. The number of aryl methyl sites for hydroxylation is 1. The molecule has 0 aliphatic heterocycles. The average Bonchev–Trinajstić information content (AvgIpc) is 2.84. The van der Waals surface area contributed by atoms with Crippen molar-refractivity contribution in [3.8, 4) is 0 Å². The van der Waals surface area contributed by atoms with Crippen LogP contribution >= 0.6 is 11.3 Å². The van der Waals surface area contributed by atoms with Crippen molar-refractivity contribution >= 4 is 17.3 Å². The van der Waals surface area contributed by atoms with Gasteiger partial charge in [0.25, 0.3) is 0 Å². The van der Waals surface area contributed by atoms with E-state index in [0.29, 0.717) is 5.92 Å². The second kappa shape index (κ2) is 3.10. The summed E-state index contributed by atoms with van der Waals surface area (Å²) in [6.07, 6.45) is 3.12. The first kappa shape index (κ1) is 8.69. The maximum Gasteiger partial charge on any atom is 0.355 e. The zero-order valence-electron chi connectivity index (χ0n) is 7.41. The third-order valence-electron chi connectivity index (χ3n) is 2.16. The van der Waals surface area contributed by atoms with E-state index in [1.54, 1.807) is 11.3 Å². The smallest absolute Gasteiger partial charge is 0.355 e. The van der Waals surface area contributed by atoms with E-state index in [1.165, 1.54) is 12.8 Å². The van der Waals surface area contributed by atoms with E-state index < -0.39 is 5.97 Å². The van der Waals surface area contributed by atoms with E-state index in [9.17, 15) is 4.79 Å². The fourth-order valence-corrected chi connectivity index (χ4v) is 2.45. The van der Waals surface area contributed by atoms with Crippen molar-refractivity contribution < 1.29 is 9.90 Å². The van der Waals surface area contributed by atoms with Gasteiger partial charge in [-0.1, -0.05) is 6.92 Å². The van der Waals surface area contributed by atoms with Crippen LogP contribution in [0.2, 0.25) is 0 Å². The molecule has 4 heteroatoms. The Balaban J connectivity index is 2.36. The maximum atomic E-state index is 10.8. The Kier molecular flexibility index (Phi) is 2.07. The van der Waals surface area contributed by atoms with Gasteiger partial charge >= 0.3 is 5.97 Å². The highest BCUT2D eigenvalue weighted by Gasteiger charge is 2.29. The van der Waals surface area contributed by atoms with E-state index >= 15 is 0 Å². The molecule has 0 bridgehead atoms. The van der Waals surface area contributed by atoms with Crippen molar-refractivity contribution in [3.63, 3.8) is 0 Å². The summed E-state index contributed by atoms with van der Waals surface area (Å²) >= 11 is 1.57. The lowest BCUT2D eigenvalue weighted by molar-refractivity contribution is 0.0690. The zero-order chi connectivity index (χ0) is 9.42. The highest BCUT2D eigenvalue weighted by Crippen LogP contribution is 2.42. The second-order valence-corrected chi connectivity index (χ2v) is 4.37. The number of carbonyl (C=O) groups is 1. The summed E-state index contributed by atoms with van der Waals surface area (Å²) in [5.74, 6) is -0.330. The molecule has 0 aromatic carbocycles. The molecule has 0 amide bonds. The Morgan fingerprint density at radius 3 is 2.77 bits per heavy atom. The molecule has 13 heavy (non-hydrogen) atoms. The minimum Gasteiger partial charge on any atom is -0.476 e. The van der Waals surface area contributed by atoms with Crippen LogP contribution < -0.4 is 0 Å². The standard InChI is InChI=1S/C9H11NO2S/c1-2-6-7(9(11)12)10-8(13-6)5-3-4-5/h5H,2-4H2,1H3,(H,11,12). The molecule has 70 valence electrons. The summed E-state index contributed by atoms with van der Waals surface area (Å²) in [5.41, 5.74) is 0.273. The quantitative estimate of drug-likeness (QED) is 0.808. The normalized spacial score (nSPS) is 16.1. The van der Waals surface area contributed by atoms with E-state index in [-0.39, 0.29) is 5.69 Å². The van der Waals surface area contributed by atoms with Crippen LogP contribution in [0.25, 0.3) is 0 Å². The molecule has 2 rings (SSSR count). The Bertz CT molecular complexity index is 341. The van der Waals surface area contributed by atoms with Gasteiger partial charge in [0.05, 0.1) is 5.01 Å². The number of rotatable bonds is 3. The molecule has 0 saturated heterocycles. The number of nitrogens with zero attached hydrogens (tertiary/aromatic N) is 1. The topological polar surface area (TPSA) is 50.2 Å². The summed E-state index contributed by atoms with van der Waals surface area (Å²) < 4.78 is 0. The third-order valence-corrected chi connectivity index (χ3v) is 3.53. The van der Waals surface area contributed by atoms with Crippen molar-refractivity contribution in [3.05, 3.63) is 15.6 Å². The molecule has 1 aliphatic carbocycles. The van der Waals surface area contributed by atoms with E-state index in [0.717, 1.165) is 16.3 Å². The molecule has 1 aliphatic rings. The van der Waals surface area contributed by atoms with E-state index in [1.807, 2.05) is 6.92 Å². The third kappa shape index (κ3) is 1.58. The van der Waals surface area contributed by atoms with Gasteiger partial charge in [-0.05, 0) is 19.3 Å². The molecule has 3 nitrogen and oxygen atoms in total. The lowest BCUT2D eigenvalue weighted by atomic mass is 10.3. The minimum atomic E-state index is -0.889. The van der Waals surface area contributed by atoms with Crippen LogP contribution in [0.1, 0.15) is 46.1 Å². The molecule has 1 aromatic heterocycles. The highest BCUT2D eigenvalue weighted by molar-refractivity contribution is 7.12. The molecule has 1 aromatic rings. The fraction of sp³-hybridized carbons (Fsp3) is 0.556. The van der Waals surface area contributed by atoms with Gasteiger partial charge in [0.1, 0.15) is 0 Å².